The van der Waals surface area contributed by atoms with Gasteiger partial charge in [-0.05, 0) is 19.1 Å². The van der Waals surface area contributed by atoms with Crippen molar-refractivity contribution in [2.75, 3.05) is 26.1 Å². The number of amides is 1. The lowest BCUT2D eigenvalue weighted by atomic mass is 10.1. The summed E-state index contributed by atoms with van der Waals surface area (Å²) in [6.07, 6.45) is 0.141. The molecule has 0 aliphatic heterocycles. The van der Waals surface area contributed by atoms with E-state index in [1.807, 2.05) is 0 Å². The van der Waals surface area contributed by atoms with Crippen molar-refractivity contribution in [1.82, 2.24) is 9.55 Å². The zero-order valence-electron chi connectivity index (χ0n) is 18.0. The van der Waals surface area contributed by atoms with Crippen molar-refractivity contribution < 1.29 is 19.4 Å². The minimum Gasteiger partial charge on any atom is -0.497 e. The molecule has 32 heavy (non-hydrogen) atoms. The maximum atomic E-state index is 13.2. The Hall–Kier alpha value is -3.36. The predicted octanol–water partition coefficient (Wildman–Crippen LogP) is 3.06. The second-order valence-corrected chi connectivity index (χ2v) is 7.46. The van der Waals surface area contributed by atoms with Gasteiger partial charge in [0.1, 0.15) is 23.9 Å². The van der Waals surface area contributed by atoms with Gasteiger partial charge in [-0.2, -0.15) is 0 Å². The van der Waals surface area contributed by atoms with E-state index in [1.165, 1.54) is 18.8 Å². The number of methoxy groups -OCH3 is 2. The van der Waals surface area contributed by atoms with Gasteiger partial charge in [0.2, 0.25) is 5.91 Å². The zero-order chi connectivity index (χ0) is 23.3. The summed E-state index contributed by atoms with van der Waals surface area (Å²) in [5.41, 5.74) is 1.52. The highest BCUT2D eigenvalue weighted by Gasteiger charge is 2.18. The summed E-state index contributed by atoms with van der Waals surface area (Å²) in [7, 11) is 3.02. The molecule has 2 N–H and O–H groups in total. The highest BCUT2D eigenvalue weighted by atomic mass is 35.5. The van der Waals surface area contributed by atoms with Gasteiger partial charge in [0, 0.05) is 58.8 Å². The quantitative estimate of drug-likeness (QED) is 0.539. The number of nitrogens with zero attached hydrogens (tertiary/aromatic N) is 2. The lowest BCUT2D eigenvalue weighted by molar-refractivity contribution is -0.116. The molecule has 0 aliphatic rings. The number of aliphatic hydroxyl groups excluding tert-OH is 1. The summed E-state index contributed by atoms with van der Waals surface area (Å²) in [6, 6.07) is 11.9. The SMILES string of the molecule is COc1cc(NC(=O)Cn2c(-c3cccc(Cl)c3)nc(C)c(CCO)c2=O)cc(OC)c1. The third kappa shape index (κ3) is 5.27. The van der Waals surface area contributed by atoms with Gasteiger partial charge >= 0.3 is 0 Å². The van der Waals surface area contributed by atoms with Crippen LogP contribution in [0.4, 0.5) is 5.69 Å². The van der Waals surface area contributed by atoms with Crippen LogP contribution >= 0.6 is 11.6 Å². The van der Waals surface area contributed by atoms with Crippen molar-refractivity contribution in [3.05, 3.63) is 69.1 Å². The Bertz CT molecular complexity index is 1170. The number of hydrogen-bond donors (Lipinski definition) is 2. The fourth-order valence-corrected chi connectivity index (χ4v) is 3.51. The number of carbonyl (C=O) groups is 1. The number of aromatic nitrogens is 2. The van der Waals surface area contributed by atoms with Crippen LogP contribution in [0.5, 0.6) is 11.5 Å². The Kier molecular flexibility index (Phi) is 7.50. The van der Waals surface area contributed by atoms with Crippen LogP contribution in [0.15, 0.2) is 47.3 Å². The van der Waals surface area contributed by atoms with Gasteiger partial charge in [0.25, 0.3) is 5.56 Å². The number of halogens is 1. The van der Waals surface area contributed by atoms with Crippen molar-refractivity contribution in [3.63, 3.8) is 0 Å². The molecule has 0 saturated carbocycles. The van der Waals surface area contributed by atoms with E-state index in [0.717, 1.165) is 0 Å². The molecule has 0 fully saturated rings. The molecule has 1 aromatic heterocycles. The minimum absolute atomic E-state index is 0.141. The molecule has 0 spiro atoms. The second kappa shape index (κ2) is 10.3. The normalized spacial score (nSPS) is 10.7. The number of nitrogens with one attached hydrogen (secondary N) is 1. The Morgan fingerprint density at radius 3 is 2.44 bits per heavy atom. The van der Waals surface area contributed by atoms with Crippen molar-refractivity contribution in [3.8, 4) is 22.9 Å². The summed E-state index contributed by atoms with van der Waals surface area (Å²) >= 11 is 6.13. The van der Waals surface area contributed by atoms with Crippen molar-refractivity contribution in [2.45, 2.75) is 19.9 Å². The van der Waals surface area contributed by atoms with Gasteiger partial charge in [-0.15, -0.1) is 0 Å². The average Bonchev–Trinajstić information content (AvgIpc) is 2.78. The maximum absolute atomic E-state index is 13.2. The molecule has 0 aliphatic carbocycles. The molecule has 9 heteroatoms. The van der Waals surface area contributed by atoms with E-state index in [1.54, 1.807) is 49.4 Å². The molecule has 1 amide bonds. The standard InChI is InChI=1S/C23H24ClN3O5/c1-14-20(7-8-28)23(30)27(22(25-14)15-5-4-6-16(24)9-15)13-21(29)26-17-10-18(31-2)12-19(11-17)32-3/h4-6,9-12,28H,7-8,13H2,1-3H3,(H,26,29). The minimum atomic E-state index is -0.439. The average molecular weight is 458 g/mol. The van der Waals surface area contributed by atoms with Gasteiger partial charge in [-0.3, -0.25) is 14.2 Å². The monoisotopic (exact) mass is 457 g/mol. The predicted molar refractivity (Wildman–Crippen MR) is 123 cm³/mol. The third-order valence-corrected chi connectivity index (χ3v) is 5.09. The van der Waals surface area contributed by atoms with Crippen LogP contribution in [-0.4, -0.2) is 41.4 Å². The molecule has 3 aromatic rings. The molecule has 0 bridgehead atoms. The molecule has 8 nitrogen and oxygen atoms in total. The van der Waals surface area contributed by atoms with Crippen LogP contribution in [0.25, 0.3) is 11.4 Å². The van der Waals surface area contributed by atoms with Gasteiger partial charge < -0.3 is 19.9 Å². The smallest absolute Gasteiger partial charge is 0.257 e. The Balaban J connectivity index is 2.01. The van der Waals surface area contributed by atoms with E-state index in [2.05, 4.69) is 10.3 Å². The number of hydrogen-bond acceptors (Lipinski definition) is 6. The number of aryl methyl sites for hydroxylation is 1. The first-order chi connectivity index (χ1) is 15.4. The maximum Gasteiger partial charge on any atom is 0.257 e. The number of ether oxygens (including phenoxy) is 2. The Labute approximate surface area is 190 Å². The molecule has 1 heterocycles. The number of benzene rings is 2. The summed E-state index contributed by atoms with van der Waals surface area (Å²) in [6.45, 7) is 1.21. The van der Waals surface area contributed by atoms with E-state index < -0.39 is 5.91 Å². The van der Waals surface area contributed by atoms with E-state index in [0.29, 0.717) is 44.9 Å². The molecule has 2 aromatic carbocycles. The second-order valence-electron chi connectivity index (χ2n) is 7.02. The molecular formula is C23H24ClN3O5. The zero-order valence-corrected chi connectivity index (χ0v) is 18.8. The van der Waals surface area contributed by atoms with Crippen LogP contribution in [-0.2, 0) is 17.8 Å². The van der Waals surface area contributed by atoms with Gasteiger partial charge in [-0.25, -0.2) is 4.98 Å². The first kappa shape index (κ1) is 23.3. The van der Waals surface area contributed by atoms with Crippen molar-refractivity contribution >= 4 is 23.2 Å². The lowest BCUT2D eigenvalue weighted by Crippen LogP contribution is -2.33. The largest absolute Gasteiger partial charge is 0.497 e. The third-order valence-electron chi connectivity index (χ3n) is 4.85. The van der Waals surface area contributed by atoms with E-state index in [4.69, 9.17) is 21.1 Å². The number of rotatable bonds is 8. The molecule has 0 radical (unpaired) electrons. The highest BCUT2D eigenvalue weighted by molar-refractivity contribution is 6.30. The molecule has 0 saturated heterocycles. The van der Waals surface area contributed by atoms with E-state index >= 15 is 0 Å². The fraction of sp³-hybridized carbons (Fsp3) is 0.261. The summed E-state index contributed by atoms with van der Waals surface area (Å²) in [5.74, 6) is 0.902. The molecule has 168 valence electrons. The van der Waals surface area contributed by atoms with Crippen molar-refractivity contribution in [2.24, 2.45) is 0 Å². The Morgan fingerprint density at radius 2 is 1.84 bits per heavy atom. The first-order valence-corrected chi connectivity index (χ1v) is 10.2. The van der Waals surface area contributed by atoms with Crippen LogP contribution < -0.4 is 20.3 Å². The van der Waals surface area contributed by atoms with Crippen LogP contribution in [0, 0.1) is 6.92 Å². The fourth-order valence-electron chi connectivity index (χ4n) is 3.32. The van der Waals surface area contributed by atoms with Crippen molar-refractivity contribution in [1.29, 1.82) is 0 Å². The molecule has 0 atom stereocenters. The summed E-state index contributed by atoms with van der Waals surface area (Å²) in [5, 5.41) is 12.6. The number of carbonyl (C=O) groups excluding carboxylic acids is 1. The van der Waals surface area contributed by atoms with Gasteiger partial charge in [0.15, 0.2) is 0 Å². The number of anilines is 1. The van der Waals surface area contributed by atoms with E-state index in [9.17, 15) is 14.7 Å². The van der Waals surface area contributed by atoms with Gasteiger partial charge in [-0.1, -0.05) is 23.7 Å². The van der Waals surface area contributed by atoms with E-state index in [-0.39, 0.29) is 25.1 Å². The van der Waals surface area contributed by atoms with Crippen LogP contribution in [0.1, 0.15) is 11.3 Å². The Morgan fingerprint density at radius 1 is 1.16 bits per heavy atom. The number of aliphatic hydroxyl groups is 1. The van der Waals surface area contributed by atoms with Crippen LogP contribution in [0.2, 0.25) is 5.02 Å². The molecular weight excluding hydrogens is 434 g/mol. The molecule has 0 unspecified atom stereocenters. The summed E-state index contributed by atoms with van der Waals surface area (Å²) in [4.78, 5) is 30.6. The molecule has 3 rings (SSSR count). The summed E-state index contributed by atoms with van der Waals surface area (Å²) < 4.78 is 11.7. The first-order valence-electron chi connectivity index (χ1n) is 9.86. The highest BCUT2D eigenvalue weighted by Crippen LogP contribution is 2.26. The van der Waals surface area contributed by atoms with Gasteiger partial charge in [0.05, 0.1) is 14.2 Å². The topological polar surface area (TPSA) is 103 Å². The lowest BCUT2D eigenvalue weighted by Gasteiger charge is -2.16. The van der Waals surface area contributed by atoms with Crippen LogP contribution in [0.3, 0.4) is 0 Å².